The van der Waals surface area contributed by atoms with E-state index in [1.54, 1.807) is 25.2 Å². The Kier molecular flexibility index (Phi) is 9.46. The fraction of sp³-hybridized carbons (Fsp3) is 0.480. The second kappa shape index (κ2) is 12.3. The van der Waals surface area contributed by atoms with Gasteiger partial charge in [-0.25, -0.2) is 8.42 Å². The smallest absolute Gasteiger partial charge is 0.257 e. The monoisotopic (exact) mass is 488 g/mol. The normalized spacial score (nSPS) is 14.3. The van der Waals surface area contributed by atoms with E-state index in [2.05, 4.69) is 34.5 Å². The Balaban J connectivity index is 1.44. The van der Waals surface area contributed by atoms with Crippen LogP contribution in [0.15, 0.2) is 53.4 Å². The minimum atomic E-state index is -3.72. The molecule has 0 unspecified atom stereocenters. The molecule has 0 aliphatic carbocycles. The molecule has 3 rings (SSSR count). The summed E-state index contributed by atoms with van der Waals surface area (Å²) in [6.45, 7) is 4.16. The van der Waals surface area contributed by atoms with Crippen LogP contribution in [0.3, 0.4) is 0 Å². The maximum Gasteiger partial charge on any atom is 0.257 e. The van der Waals surface area contributed by atoms with Crippen LogP contribution in [0.2, 0.25) is 0 Å². The molecule has 0 fully saturated rings. The van der Waals surface area contributed by atoms with E-state index in [1.807, 2.05) is 19.0 Å². The summed E-state index contributed by atoms with van der Waals surface area (Å²) in [6.07, 6.45) is 1.90. The molecule has 1 N–H and O–H groups in total. The third kappa shape index (κ3) is 7.27. The predicted molar refractivity (Wildman–Crippen MR) is 133 cm³/mol. The zero-order valence-electron chi connectivity index (χ0n) is 20.4. The molecular weight excluding hydrogens is 452 g/mol. The summed E-state index contributed by atoms with van der Waals surface area (Å²) >= 11 is 0. The summed E-state index contributed by atoms with van der Waals surface area (Å²) in [7, 11) is 1.60. The van der Waals surface area contributed by atoms with Gasteiger partial charge in [0, 0.05) is 46.3 Å². The summed E-state index contributed by atoms with van der Waals surface area (Å²) < 4.78 is 32.8. The number of nitrogens with one attached hydrogen (secondary N) is 1. The second-order valence-electron chi connectivity index (χ2n) is 8.86. The van der Waals surface area contributed by atoms with Crippen LogP contribution < -0.4 is 10.1 Å². The molecule has 2 aromatic rings. The van der Waals surface area contributed by atoms with Gasteiger partial charge >= 0.3 is 0 Å². The first-order valence-electron chi connectivity index (χ1n) is 11.7. The molecule has 8 nitrogen and oxygen atoms in total. The van der Waals surface area contributed by atoms with Gasteiger partial charge in [0.05, 0.1) is 0 Å². The van der Waals surface area contributed by atoms with E-state index in [1.165, 1.54) is 21.5 Å². The number of likely N-dealkylation sites (N-methyl/N-ethyl adjacent to an activating group) is 2. The number of carbonyl (C=O) groups excluding carboxylic acids is 1. The summed E-state index contributed by atoms with van der Waals surface area (Å²) in [5.41, 5.74) is 2.81. The number of carbonyl (C=O) groups is 1. The van der Waals surface area contributed by atoms with Crippen LogP contribution in [-0.4, -0.2) is 88.9 Å². The fourth-order valence-electron chi connectivity index (χ4n) is 3.88. The van der Waals surface area contributed by atoms with Crippen molar-refractivity contribution in [1.82, 2.24) is 19.4 Å². The molecule has 1 aliphatic heterocycles. The Morgan fingerprint density at radius 2 is 1.74 bits per heavy atom. The Hall–Kier alpha value is -2.46. The molecule has 0 aromatic heterocycles. The highest BCUT2D eigenvalue weighted by Gasteiger charge is 2.25. The van der Waals surface area contributed by atoms with Gasteiger partial charge in [-0.1, -0.05) is 36.4 Å². The average Bonchev–Trinajstić information content (AvgIpc) is 2.83. The van der Waals surface area contributed by atoms with Crippen LogP contribution in [-0.2, 0) is 27.8 Å². The van der Waals surface area contributed by atoms with Crippen LogP contribution in [0.5, 0.6) is 5.75 Å². The molecule has 1 amide bonds. The average molecular weight is 489 g/mol. The second-order valence-corrected chi connectivity index (χ2v) is 10.9. The number of amides is 1. The first kappa shape index (κ1) is 26.2. The molecule has 0 saturated carbocycles. The first-order valence-corrected chi connectivity index (χ1v) is 13.1. The lowest BCUT2D eigenvalue weighted by atomic mass is 10.00. The van der Waals surface area contributed by atoms with Crippen LogP contribution in [0.4, 0.5) is 0 Å². The van der Waals surface area contributed by atoms with Crippen LogP contribution >= 0.6 is 0 Å². The Bertz CT molecular complexity index is 1060. The van der Waals surface area contributed by atoms with Gasteiger partial charge < -0.3 is 15.0 Å². The SMILES string of the molecule is CN(C)CCN(C)S(=O)(=O)c1ccccc1OCC(=O)NCCCN1CCc2ccccc2C1. The summed E-state index contributed by atoms with van der Waals surface area (Å²) in [5, 5.41) is 2.87. The third-order valence-electron chi connectivity index (χ3n) is 5.94. The highest BCUT2D eigenvalue weighted by atomic mass is 32.2. The highest BCUT2D eigenvalue weighted by molar-refractivity contribution is 7.89. The molecule has 186 valence electrons. The van der Waals surface area contributed by atoms with Gasteiger partial charge in [0.15, 0.2) is 6.61 Å². The number of sulfonamides is 1. The Morgan fingerprint density at radius 1 is 1.03 bits per heavy atom. The van der Waals surface area contributed by atoms with Gasteiger partial charge in [0.2, 0.25) is 10.0 Å². The lowest BCUT2D eigenvalue weighted by Gasteiger charge is -2.28. The number of hydrogen-bond acceptors (Lipinski definition) is 6. The summed E-state index contributed by atoms with van der Waals surface area (Å²) in [5.74, 6) is -0.0847. The van der Waals surface area contributed by atoms with Gasteiger partial charge in [0.1, 0.15) is 10.6 Å². The van der Waals surface area contributed by atoms with E-state index in [0.29, 0.717) is 19.6 Å². The standard InChI is InChI=1S/C25H36N4O4S/c1-27(2)17-18-28(3)34(31,32)24-12-7-6-11-23(24)33-20-25(30)26-14-8-15-29-16-13-21-9-4-5-10-22(21)19-29/h4-7,9-12H,8,13-20H2,1-3H3,(H,26,30). The minimum Gasteiger partial charge on any atom is -0.482 e. The van der Waals surface area contributed by atoms with Crippen molar-refractivity contribution in [3.05, 3.63) is 59.7 Å². The molecule has 0 spiro atoms. The van der Waals surface area contributed by atoms with E-state index in [-0.39, 0.29) is 23.2 Å². The summed E-state index contributed by atoms with van der Waals surface area (Å²) in [4.78, 5) is 16.7. The first-order chi connectivity index (χ1) is 16.3. The molecule has 2 aromatic carbocycles. The lowest BCUT2D eigenvalue weighted by Crippen LogP contribution is -2.35. The number of benzene rings is 2. The third-order valence-corrected chi connectivity index (χ3v) is 7.84. The summed E-state index contributed by atoms with van der Waals surface area (Å²) in [6, 6.07) is 15.0. The van der Waals surface area contributed by atoms with E-state index in [4.69, 9.17) is 4.74 Å². The topological polar surface area (TPSA) is 82.2 Å². The van der Waals surface area contributed by atoms with Gasteiger partial charge in [-0.3, -0.25) is 9.69 Å². The zero-order chi connectivity index (χ0) is 24.6. The van der Waals surface area contributed by atoms with Gasteiger partial charge in [-0.05, 0) is 50.2 Å². The number of hydrogen-bond donors (Lipinski definition) is 1. The van der Waals surface area contributed by atoms with Crippen LogP contribution in [0.25, 0.3) is 0 Å². The maximum absolute atomic E-state index is 13.0. The van der Waals surface area contributed by atoms with Crippen molar-refractivity contribution in [2.45, 2.75) is 24.3 Å². The number of para-hydroxylation sites is 1. The van der Waals surface area contributed by atoms with E-state index in [9.17, 15) is 13.2 Å². The van der Waals surface area contributed by atoms with Crippen molar-refractivity contribution in [3.63, 3.8) is 0 Å². The molecule has 1 aliphatic rings. The number of rotatable bonds is 12. The Morgan fingerprint density at radius 3 is 2.50 bits per heavy atom. The quantitative estimate of drug-likeness (QED) is 0.459. The van der Waals surface area contributed by atoms with Gasteiger partial charge in [-0.2, -0.15) is 4.31 Å². The van der Waals surface area contributed by atoms with Crippen LogP contribution in [0, 0.1) is 0 Å². The molecular formula is C25H36N4O4S. The lowest BCUT2D eigenvalue weighted by molar-refractivity contribution is -0.123. The van der Waals surface area contributed by atoms with Crippen molar-refractivity contribution in [2.75, 3.05) is 60.5 Å². The number of nitrogens with zero attached hydrogens (tertiary/aromatic N) is 3. The van der Waals surface area contributed by atoms with E-state index in [0.717, 1.165) is 32.5 Å². The van der Waals surface area contributed by atoms with Crippen LogP contribution in [0.1, 0.15) is 17.5 Å². The molecule has 9 heteroatoms. The number of fused-ring (bicyclic) bond motifs is 1. The van der Waals surface area contributed by atoms with Crippen molar-refractivity contribution in [1.29, 1.82) is 0 Å². The van der Waals surface area contributed by atoms with Gasteiger partial charge in [-0.15, -0.1) is 0 Å². The zero-order valence-corrected chi connectivity index (χ0v) is 21.2. The maximum atomic E-state index is 13.0. The predicted octanol–water partition coefficient (Wildman–Crippen LogP) is 1.81. The fourth-order valence-corrected chi connectivity index (χ4v) is 5.17. The minimum absolute atomic E-state index is 0.0643. The van der Waals surface area contributed by atoms with E-state index < -0.39 is 10.0 Å². The highest BCUT2D eigenvalue weighted by Crippen LogP contribution is 2.26. The van der Waals surface area contributed by atoms with Crippen molar-refractivity contribution >= 4 is 15.9 Å². The Labute approximate surface area is 203 Å². The van der Waals surface area contributed by atoms with Gasteiger partial charge in [0.25, 0.3) is 5.91 Å². The number of ether oxygens (including phenoxy) is 1. The van der Waals surface area contributed by atoms with Crippen molar-refractivity contribution in [2.24, 2.45) is 0 Å². The molecule has 1 heterocycles. The molecule has 0 saturated heterocycles. The molecule has 34 heavy (non-hydrogen) atoms. The molecule has 0 atom stereocenters. The molecule has 0 radical (unpaired) electrons. The molecule has 0 bridgehead atoms. The largest absolute Gasteiger partial charge is 0.482 e. The van der Waals surface area contributed by atoms with E-state index >= 15 is 0 Å². The van der Waals surface area contributed by atoms with Crippen molar-refractivity contribution in [3.8, 4) is 5.75 Å². The van der Waals surface area contributed by atoms with Crippen molar-refractivity contribution < 1.29 is 17.9 Å².